The Hall–Kier alpha value is -1.88. The molecular formula is C12H14N2O4S. The zero-order chi connectivity index (χ0) is 14.3. The van der Waals surface area contributed by atoms with Gasteiger partial charge in [0.25, 0.3) is 0 Å². The van der Waals surface area contributed by atoms with Gasteiger partial charge in [0.1, 0.15) is 6.54 Å². The van der Waals surface area contributed by atoms with Gasteiger partial charge in [-0.3, -0.25) is 4.79 Å². The van der Waals surface area contributed by atoms with Crippen molar-refractivity contribution in [2.24, 2.45) is 0 Å². The minimum atomic E-state index is -3.79. The monoisotopic (exact) mass is 282 g/mol. The lowest BCUT2D eigenvalue weighted by molar-refractivity contribution is -0.135. The molecule has 0 heterocycles. The topological polar surface area (TPSA) is 95.5 Å². The van der Waals surface area contributed by atoms with Gasteiger partial charge in [-0.25, -0.2) is 8.42 Å². The third-order valence-electron chi connectivity index (χ3n) is 2.08. The molecule has 102 valence electrons. The summed E-state index contributed by atoms with van der Waals surface area (Å²) in [6.45, 7) is -0.105. The van der Waals surface area contributed by atoms with Crippen LogP contribution in [0.5, 0.6) is 0 Å². The number of aliphatic carboxylic acids is 1. The van der Waals surface area contributed by atoms with Crippen molar-refractivity contribution in [3.05, 3.63) is 29.8 Å². The summed E-state index contributed by atoms with van der Waals surface area (Å²) in [5.74, 6) is 4.46. The number of sulfonamides is 1. The van der Waals surface area contributed by atoms with Gasteiger partial charge in [-0.1, -0.05) is 11.8 Å². The van der Waals surface area contributed by atoms with Gasteiger partial charge in [-0.2, -0.15) is 4.72 Å². The molecule has 0 spiro atoms. The third-order valence-corrected chi connectivity index (χ3v) is 3.49. The van der Waals surface area contributed by atoms with Crippen LogP contribution in [0.1, 0.15) is 5.56 Å². The van der Waals surface area contributed by atoms with Crippen molar-refractivity contribution in [2.75, 3.05) is 20.1 Å². The fourth-order valence-corrected chi connectivity index (χ4v) is 2.17. The summed E-state index contributed by atoms with van der Waals surface area (Å²) in [7, 11) is -2.01. The molecular weight excluding hydrogens is 268 g/mol. The molecule has 19 heavy (non-hydrogen) atoms. The van der Waals surface area contributed by atoms with Crippen LogP contribution in [-0.4, -0.2) is 39.6 Å². The number of rotatable bonds is 5. The minimum Gasteiger partial charge on any atom is -0.480 e. The molecule has 7 heteroatoms. The van der Waals surface area contributed by atoms with Crippen LogP contribution in [0.3, 0.4) is 0 Å². The molecule has 0 bridgehead atoms. The first-order valence-corrected chi connectivity index (χ1v) is 6.89. The molecule has 0 aliphatic rings. The Morgan fingerprint density at radius 2 is 1.95 bits per heavy atom. The van der Waals surface area contributed by atoms with Gasteiger partial charge in [0.2, 0.25) is 10.0 Å². The van der Waals surface area contributed by atoms with Gasteiger partial charge in [0, 0.05) is 5.56 Å². The molecule has 0 aromatic heterocycles. The van der Waals surface area contributed by atoms with E-state index in [9.17, 15) is 13.2 Å². The molecule has 3 N–H and O–H groups in total. The summed E-state index contributed by atoms with van der Waals surface area (Å²) in [5.41, 5.74) is 0.687. The van der Waals surface area contributed by atoms with Crippen molar-refractivity contribution in [3.8, 4) is 11.8 Å². The van der Waals surface area contributed by atoms with Crippen LogP contribution in [0.4, 0.5) is 0 Å². The summed E-state index contributed by atoms with van der Waals surface area (Å²) in [4.78, 5) is 10.3. The Balaban J connectivity index is 2.81. The highest BCUT2D eigenvalue weighted by atomic mass is 32.2. The Bertz CT molecular complexity index is 597. The van der Waals surface area contributed by atoms with Crippen molar-refractivity contribution in [2.45, 2.75) is 4.90 Å². The van der Waals surface area contributed by atoms with Crippen LogP contribution in [0.15, 0.2) is 29.2 Å². The van der Waals surface area contributed by atoms with E-state index in [0.29, 0.717) is 12.1 Å². The van der Waals surface area contributed by atoms with Gasteiger partial charge in [0.15, 0.2) is 0 Å². The van der Waals surface area contributed by atoms with Gasteiger partial charge >= 0.3 is 5.97 Å². The molecule has 1 aromatic rings. The number of carboxylic acids is 1. The molecule has 0 aliphatic heterocycles. The van der Waals surface area contributed by atoms with E-state index in [1.807, 2.05) is 4.72 Å². The highest BCUT2D eigenvalue weighted by molar-refractivity contribution is 7.89. The number of hydrogen-bond acceptors (Lipinski definition) is 4. The first-order valence-electron chi connectivity index (χ1n) is 5.40. The second-order valence-electron chi connectivity index (χ2n) is 3.57. The summed E-state index contributed by atoms with van der Waals surface area (Å²) in [5, 5.41) is 11.3. The number of nitrogens with one attached hydrogen (secondary N) is 2. The number of hydrogen-bond donors (Lipinski definition) is 3. The molecule has 0 aliphatic carbocycles. The van der Waals surface area contributed by atoms with E-state index in [1.54, 1.807) is 19.2 Å². The van der Waals surface area contributed by atoms with E-state index in [0.717, 1.165) is 0 Å². The molecule has 6 nitrogen and oxygen atoms in total. The van der Waals surface area contributed by atoms with E-state index in [1.165, 1.54) is 12.1 Å². The molecule has 0 atom stereocenters. The van der Waals surface area contributed by atoms with Gasteiger partial charge in [-0.05, 0) is 31.3 Å². The summed E-state index contributed by atoms with van der Waals surface area (Å²) in [6.07, 6.45) is 0. The molecule has 1 rings (SSSR count). The highest BCUT2D eigenvalue weighted by Crippen LogP contribution is 2.09. The molecule has 0 radical (unpaired) electrons. The van der Waals surface area contributed by atoms with Crippen LogP contribution in [0.25, 0.3) is 0 Å². The fourth-order valence-electron chi connectivity index (χ4n) is 1.19. The van der Waals surface area contributed by atoms with E-state index in [4.69, 9.17) is 5.11 Å². The second kappa shape index (κ2) is 6.89. The van der Waals surface area contributed by atoms with Crippen LogP contribution in [0, 0.1) is 11.8 Å². The average molecular weight is 282 g/mol. The fraction of sp³-hybridized carbons (Fsp3) is 0.250. The Morgan fingerprint density at radius 1 is 1.32 bits per heavy atom. The molecule has 0 saturated heterocycles. The van der Waals surface area contributed by atoms with Crippen LogP contribution < -0.4 is 10.0 Å². The second-order valence-corrected chi connectivity index (χ2v) is 5.34. The number of benzene rings is 1. The summed E-state index contributed by atoms with van der Waals surface area (Å²) in [6, 6.07) is 5.90. The minimum absolute atomic E-state index is 0.00733. The van der Waals surface area contributed by atoms with Gasteiger partial charge in [0.05, 0.1) is 11.4 Å². The maximum atomic E-state index is 11.7. The molecule has 1 aromatic carbocycles. The lowest BCUT2D eigenvalue weighted by Crippen LogP contribution is -2.29. The van der Waals surface area contributed by atoms with Crippen molar-refractivity contribution < 1.29 is 18.3 Å². The van der Waals surface area contributed by atoms with Gasteiger partial charge < -0.3 is 10.4 Å². The zero-order valence-electron chi connectivity index (χ0n) is 10.3. The smallest absolute Gasteiger partial charge is 0.318 e. The van der Waals surface area contributed by atoms with Crippen molar-refractivity contribution in [1.82, 2.24) is 10.0 Å². The average Bonchev–Trinajstić information content (AvgIpc) is 2.37. The number of carboxylic acid groups (broad SMARTS) is 1. The van der Waals surface area contributed by atoms with E-state index in [-0.39, 0.29) is 4.90 Å². The normalized spacial score (nSPS) is 10.6. The predicted molar refractivity (Wildman–Crippen MR) is 70.1 cm³/mol. The molecule has 0 unspecified atom stereocenters. The first-order chi connectivity index (χ1) is 8.95. The van der Waals surface area contributed by atoms with E-state index in [2.05, 4.69) is 17.2 Å². The van der Waals surface area contributed by atoms with Crippen LogP contribution >= 0.6 is 0 Å². The summed E-state index contributed by atoms with van der Waals surface area (Å²) >= 11 is 0. The van der Waals surface area contributed by atoms with E-state index >= 15 is 0 Å². The van der Waals surface area contributed by atoms with Crippen LogP contribution in [0.2, 0.25) is 0 Å². The lowest BCUT2D eigenvalue weighted by Gasteiger charge is -2.04. The maximum Gasteiger partial charge on any atom is 0.318 e. The lowest BCUT2D eigenvalue weighted by atomic mass is 10.2. The van der Waals surface area contributed by atoms with Crippen LogP contribution in [-0.2, 0) is 14.8 Å². The van der Waals surface area contributed by atoms with E-state index < -0.39 is 22.5 Å². The highest BCUT2D eigenvalue weighted by Gasteiger charge is 2.14. The predicted octanol–water partition coefficient (Wildman–Crippen LogP) is -0.380. The largest absolute Gasteiger partial charge is 0.480 e. The first kappa shape index (κ1) is 15.2. The van der Waals surface area contributed by atoms with Crippen molar-refractivity contribution in [1.29, 1.82) is 0 Å². The zero-order valence-corrected chi connectivity index (χ0v) is 11.1. The Morgan fingerprint density at radius 3 is 2.47 bits per heavy atom. The molecule has 0 saturated carbocycles. The van der Waals surface area contributed by atoms with Crippen molar-refractivity contribution >= 4 is 16.0 Å². The SMILES string of the molecule is CNCC#Cc1ccc(S(=O)(=O)NCC(=O)O)cc1. The molecule has 0 fully saturated rings. The quantitative estimate of drug-likeness (QED) is 0.640. The number of carbonyl (C=O) groups is 1. The maximum absolute atomic E-state index is 11.7. The Labute approximate surface area is 111 Å². The third kappa shape index (κ3) is 5.09. The van der Waals surface area contributed by atoms with Gasteiger partial charge in [-0.15, -0.1) is 0 Å². The summed E-state index contributed by atoms with van der Waals surface area (Å²) < 4.78 is 25.3. The Kier molecular flexibility index (Phi) is 5.51. The van der Waals surface area contributed by atoms with Crippen molar-refractivity contribution in [3.63, 3.8) is 0 Å². The molecule has 0 amide bonds. The standard InChI is InChI=1S/C12H14N2O4S/c1-13-8-2-3-10-4-6-11(7-5-10)19(17,18)14-9-12(15)16/h4-7,13-14H,8-9H2,1H3,(H,15,16).